The maximum atomic E-state index is 5.36. The van der Waals surface area contributed by atoms with Crippen molar-refractivity contribution in [3.63, 3.8) is 0 Å². The lowest BCUT2D eigenvalue weighted by Crippen LogP contribution is -2.39. The third-order valence-corrected chi connectivity index (χ3v) is 3.35. The molecule has 17 heavy (non-hydrogen) atoms. The summed E-state index contributed by atoms with van der Waals surface area (Å²) in [6.45, 7) is 7.37. The maximum absolute atomic E-state index is 5.36. The smallest absolute Gasteiger partial charge is 0.231 e. The van der Waals surface area contributed by atoms with Gasteiger partial charge < -0.3 is 14.7 Å². The van der Waals surface area contributed by atoms with Crippen LogP contribution in [0.3, 0.4) is 0 Å². The summed E-state index contributed by atoms with van der Waals surface area (Å²) in [6.07, 6.45) is 2.37. The molecular weight excluding hydrogens is 216 g/mol. The van der Waals surface area contributed by atoms with E-state index in [1.54, 1.807) is 0 Å². The molecule has 96 valence electrons. The van der Waals surface area contributed by atoms with Crippen LogP contribution >= 0.6 is 0 Å². The van der Waals surface area contributed by atoms with Gasteiger partial charge in [-0.2, -0.15) is 4.98 Å². The second-order valence-corrected chi connectivity index (χ2v) is 5.01. The first-order valence-corrected chi connectivity index (χ1v) is 6.42. The zero-order valence-corrected chi connectivity index (χ0v) is 10.9. The van der Waals surface area contributed by atoms with Crippen molar-refractivity contribution in [2.75, 3.05) is 20.1 Å². The Labute approximate surface area is 103 Å². The Hall–Kier alpha value is -0.940. The second-order valence-electron chi connectivity index (χ2n) is 5.01. The van der Waals surface area contributed by atoms with Gasteiger partial charge in [-0.3, -0.25) is 0 Å². The van der Waals surface area contributed by atoms with Gasteiger partial charge in [0.25, 0.3) is 0 Å². The molecule has 0 aromatic carbocycles. The Morgan fingerprint density at radius 2 is 2.35 bits per heavy atom. The van der Waals surface area contributed by atoms with Crippen LogP contribution in [0.1, 0.15) is 44.3 Å². The van der Waals surface area contributed by atoms with Gasteiger partial charge in [0.1, 0.15) is 0 Å². The lowest BCUT2D eigenvalue weighted by molar-refractivity contribution is 0.153. The van der Waals surface area contributed by atoms with E-state index in [4.69, 9.17) is 4.52 Å². The van der Waals surface area contributed by atoms with Crippen LogP contribution in [0.25, 0.3) is 0 Å². The minimum Gasteiger partial charge on any atom is -0.339 e. The van der Waals surface area contributed by atoms with Crippen molar-refractivity contribution in [2.24, 2.45) is 0 Å². The number of piperidine rings is 1. The molecule has 0 spiro atoms. The molecule has 1 unspecified atom stereocenters. The minimum atomic E-state index is 0.407. The monoisotopic (exact) mass is 238 g/mol. The van der Waals surface area contributed by atoms with Crippen LogP contribution in [0.15, 0.2) is 4.52 Å². The molecule has 1 aliphatic rings. The van der Waals surface area contributed by atoms with Crippen molar-refractivity contribution in [1.29, 1.82) is 0 Å². The summed E-state index contributed by atoms with van der Waals surface area (Å²) in [5, 5.41) is 7.02. The third-order valence-electron chi connectivity index (χ3n) is 3.35. The van der Waals surface area contributed by atoms with Crippen molar-refractivity contribution in [1.82, 2.24) is 20.4 Å². The molecule has 0 amide bonds. The van der Waals surface area contributed by atoms with Gasteiger partial charge in [0.2, 0.25) is 5.89 Å². The van der Waals surface area contributed by atoms with Gasteiger partial charge in [-0.25, -0.2) is 0 Å². The molecule has 1 aliphatic heterocycles. The van der Waals surface area contributed by atoms with Crippen LogP contribution in [-0.2, 0) is 6.54 Å². The number of nitrogens with one attached hydrogen (secondary N) is 1. The molecule has 5 heteroatoms. The molecule has 1 atom stereocenters. The summed E-state index contributed by atoms with van der Waals surface area (Å²) < 4.78 is 5.36. The van der Waals surface area contributed by atoms with Gasteiger partial charge in [0.15, 0.2) is 5.82 Å². The molecule has 2 rings (SSSR count). The number of hydrogen-bond acceptors (Lipinski definition) is 5. The highest BCUT2D eigenvalue weighted by atomic mass is 16.5. The summed E-state index contributed by atoms with van der Waals surface area (Å²) >= 11 is 0. The van der Waals surface area contributed by atoms with Gasteiger partial charge in [-0.05, 0) is 40.3 Å². The molecule has 1 aromatic heterocycles. The Morgan fingerprint density at radius 1 is 1.53 bits per heavy atom. The highest BCUT2D eigenvalue weighted by Crippen LogP contribution is 2.26. The van der Waals surface area contributed by atoms with Crippen molar-refractivity contribution in [3.8, 4) is 0 Å². The van der Waals surface area contributed by atoms with E-state index >= 15 is 0 Å². The molecule has 1 aromatic rings. The number of nitrogens with zero attached hydrogens (tertiary/aromatic N) is 3. The van der Waals surface area contributed by atoms with E-state index in [1.165, 1.54) is 13.0 Å². The molecule has 1 saturated heterocycles. The predicted octanol–water partition coefficient (Wildman–Crippen LogP) is 1.38. The largest absolute Gasteiger partial charge is 0.339 e. The van der Waals surface area contributed by atoms with E-state index in [9.17, 15) is 0 Å². The molecule has 0 radical (unpaired) electrons. The van der Waals surface area contributed by atoms with Gasteiger partial charge in [-0.1, -0.05) is 5.16 Å². The molecule has 0 saturated carbocycles. The van der Waals surface area contributed by atoms with Gasteiger partial charge in [0, 0.05) is 12.6 Å². The minimum absolute atomic E-state index is 0.407. The molecule has 0 bridgehead atoms. The zero-order chi connectivity index (χ0) is 12.3. The first kappa shape index (κ1) is 12.5. The van der Waals surface area contributed by atoms with Crippen molar-refractivity contribution in [2.45, 2.75) is 45.2 Å². The standard InChI is InChI=1S/C12H22N4O/c1-9(2)16-6-4-5-10(8-16)12-14-11(7-13-3)15-17-12/h9-10,13H,4-8H2,1-3H3. The normalized spacial score (nSPS) is 22.2. The summed E-state index contributed by atoms with van der Waals surface area (Å²) in [4.78, 5) is 6.93. The molecule has 0 aliphatic carbocycles. The predicted molar refractivity (Wildman–Crippen MR) is 65.7 cm³/mol. The van der Waals surface area contributed by atoms with Crippen molar-refractivity contribution < 1.29 is 4.52 Å². The molecule has 2 heterocycles. The third kappa shape index (κ3) is 3.04. The first-order valence-electron chi connectivity index (χ1n) is 6.42. The average molecular weight is 238 g/mol. The van der Waals surface area contributed by atoms with Crippen LogP contribution in [0.5, 0.6) is 0 Å². The second kappa shape index (κ2) is 5.60. The van der Waals surface area contributed by atoms with Crippen molar-refractivity contribution >= 4 is 0 Å². The maximum Gasteiger partial charge on any atom is 0.231 e. The van der Waals surface area contributed by atoms with Crippen LogP contribution in [0.2, 0.25) is 0 Å². The summed E-state index contributed by atoms with van der Waals surface area (Å²) in [5.41, 5.74) is 0. The van der Waals surface area contributed by atoms with Crippen LogP contribution in [0, 0.1) is 0 Å². The summed E-state index contributed by atoms with van der Waals surface area (Å²) in [5.74, 6) is 1.97. The molecule has 5 nitrogen and oxygen atoms in total. The fourth-order valence-corrected chi connectivity index (χ4v) is 2.34. The highest BCUT2D eigenvalue weighted by Gasteiger charge is 2.26. The van der Waals surface area contributed by atoms with E-state index in [0.717, 1.165) is 24.7 Å². The quantitative estimate of drug-likeness (QED) is 0.858. The van der Waals surface area contributed by atoms with Crippen LogP contribution < -0.4 is 5.32 Å². The lowest BCUT2D eigenvalue weighted by atomic mass is 9.97. The Balaban J connectivity index is 2.00. The number of rotatable bonds is 4. The SMILES string of the molecule is CNCc1noc(C2CCCN(C(C)C)C2)n1. The van der Waals surface area contributed by atoms with E-state index in [-0.39, 0.29) is 0 Å². The fourth-order valence-electron chi connectivity index (χ4n) is 2.34. The Bertz CT molecular complexity index is 350. The molecular formula is C12H22N4O. The number of likely N-dealkylation sites (tertiary alicyclic amines) is 1. The van der Waals surface area contributed by atoms with Crippen LogP contribution in [-0.4, -0.2) is 41.2 Å². The highest BCUT2D eigenvalue weighted by molar-refractivity contribution is 4.97. The van der Waals surface area contributed by atoms with E-state index in [2.05, 4.69) is 34.2 Å². The van der Waals surface area contributed by atoms with E-state index < -0.39 is 0 Å². The van der Waals surface area contributed by atoms with Crippen molar-refractivity contribution in [3.05, 3.63) is 11.7 Å². The summed E-state index contributed by atoms with van der Waals surface area (Å²) in [7, 11) is 1.89. The topological polar surface area (TPSA) is 54.2 Å². The first-order chi connectivity index (χ1) is 8.20. The van der Waals surface area contributed by atoms with Gasteiger partial charge >= 0.3 is 0 Å². The van der Waals surface area contributed by atoms with Gasteiger partial charge in [-0.15, -0.1) is 0 Å². The van der Waals surface area contributed by atoms with Crippen LogP contribution in [0.4, 0.5) is 0 Å². The number of hydrogen-bond donors (Lipinski definition) is 1. The average Bonchev–Trinajstić information content (AvgIpc) is 2.78. The molecule has 1 fully saturated rings. The zero-order valence-electron chi connectivity index (χ0n) is 10.9. The Kier molecular flexibility index (Phi) is 4.12. The van der Waals surface area contributed by atoms with E-state index in [1.807, 2.05) is 7.05 Å². The van der Waals surface area contributed by atoms with E-state index in [0.29, 0.717) is 18.5 Å². The fraction of sp³-hybridized carbons (Fsp3) is 0.833. The van der Waals surface area contributed by atoms with Gasteiger partial charge in [0.05, 0.1) is 12.5 Å². The Morgan fingerprint density at radius 3 is 3.06 bits per heavy atom. The summed E-state index contributed by atoms with van der Waals surface area (Å²) in [6, 6.07) is 0.595. The lowest BCUT2D eigenvalue weighted by Gasteiger charge is -2.33. The molecule has 1 N–H and O–H groups in total. The number of aromatic nitrogens is 2.